The van der Waals surface area contributed by atoms with Crippen LogP contribution in [0.3, 0.4) is 0 Å². The molecule has 1 saturated heterocycles. The molecular weight excluding hydrogens is 833 g/mol. The van der Waals surface area contributed by atoms with Gasteiger partial charge in [-0.2, -0.15) is 0 Å². The average Bonchev–Trinajstić information content (AvgIpc) is 3.52. The highest BCUT2D eigenvalue weighted by molar-refractivity contribution is 6.22. The van der Waals surface area contributed by atoms with Crippen LogP contribution >= 0.6 is 0 Å². The normalized spacial score (nSPS) is 28.0. The second kappa shape index (κ2) is 18.5. The summed E-state index contributed by atoms with van der Waals surface area (Å²) in [7, 11) is 5.65. The number of Topliss-reactive ketones (excluding diaryl/α,β-unsaturated/α-hetero) is 1. The highest BCUT2D eigenvalue weighted by Crippen LogP contribution is 2.51. The predicted octanol–water partition coefficient (Wildman–Crippen LogP) is 8.24. The van der Waals surface area contributed by atoms with E-state index in [-0.39, 0.29) is 90.9 Å². The van der Waals surface area contributed by atoms with Crippen molar-refractivity contribution in [2.75, 3.05) is 44.5 Å². The first-order chi connectivity index (χ1) is 30.7. The van der Waals surface area contributed by atoms with E-state index < -0.39 is 46.8 Å². The van der Waals surface area contributed by atoms with Gasteiger partial charge in [-0.05, 0) is 77.5 Å². The first-order valence-electron chi connectivity index (χ1n) is 22.4. The molecule has 0 saturated carbocycles. The number of allylic oxidation sites excluding steroid dienone is 3. The number of carbonyl (C=O) groups excluding carboxylic acids is 3. The predicted molar refractivity (Wildman–Crippen MR) is 249 cm³/mol. The summed E-state index contributed by atoms with van der Waals surface area (Å²) in [5.41, 5.74) is -0.122. The minimum atomic E-state index is -2.00. The zero-order chi connectivity index (χ0) is 47.2. The van der Waals surface area contributed by atoms with E-state index in [2.05, 4.69) is 43.1 Å². The molecule has 5 aliphatic rings. The fourth-order valence-electron chi connectivity index (χ4n) is 9.87. The van der Waals surface area contributed by atoms with E-state index in [0.29, 0.717) is 11.7 Å². The lowest BCUT2D eigenvalue weighted by atomic mass is 9.82. The quantitative estimate of drug-likeness (QED) is 0.101. The number of aromatic hydroxyl groups is 2. The molecule has 15 heteroatoms. The van der Waals surface area contributed by atoms with Crippen molar-refractivity contribution in [3.05, 3.63) is 69.6 Å². The van der Waals surface area contributed by atoms with Gasteiger partial charge in [0, 0.05) is 80.3 Å². The van der Waals surface area contributed by atoms with Gasteiger partial charge in [-0.3, -0.25) is 19.2 Å². The molecule has 1 amide bonds. The molecular formula is C50H62N4O11. The first kappa shape index (κ1) is 47.0. The topological polar surface area (TPSA) is 190 Å². The highest BCUT2D eigenvalue weighted by atomic mass is 16.7. The van der Waals surface area contributed by atoms with Crippen molar-refractivity contribution in [3.63, 3.8) is 0 Å². The van der Waals surface area contributed by atoms with E-state index >= 15 is 0 Å². The lowest BCUT2D eigenvalue weighted by Gasteiger charge is -2.36. The Morgan fingerprint density at radius 2 is 1.72 bits per heavy atom. The Labute approximate surface area is 379 Å². The fourth-order valence-corrected chi connectivity index (χ4v) is 9.87. The minimum absolute atomic E-state index is 0.0303. The fraction of sp³-hybridized carbons (Fsp3) is 0.500. The molecule has 2 aromatic rings. The zero-order valence-electron chi connectivity index (χ0n) is 39.2. The highest BCUT2D eigenvalue weighted by Gasteiger charge is 2.50. The summed E-state index contributed by atoms with van der Waals surface area (Å²) >= 11 is 0. The maximum atomic E-state index is 14.8. The third-order valence-electron chi connectivity index (χ3n) is 13.4. The number of piperidine rings is 1. The number of phenolic OH excluding ortho intramolecular Hbond substituents is 2. The van der Waals surface area contributed by atoms with Crippen LogP contribution in [-0.4, -0.2) is 96.1 Å². The van der Waals surface area contributed by atoms with Gasteiger partial charge in [-0.25, -0.2) is 4.98 Å². The molecule has 348 valence electrons. The second-order valence-electron chi connectivity index (χ2n) is 18.7. The summed E-state index contributed by atoms with van der Waals surface area (Å²) in [6.07, 6.45) is 10.6. The number of phenols is 2. The van der Waals surface area contributed by atoms with Gasteiger partial charge in [-0.15, -0.1) is 0 Å². The van der Waals surface area contributed by atoms with Crippen LogP contribution in [0.1, 0.15) is 90.1 Å². The van der Waals surface area contributed by atoms with E-state index in [0.717, 1.165) is 38.8 Å². The van der Waals surface area contributed by atoms with Gasteiger partial charge in [0.25, 0.3) is 11.7 Å². The SMILES string of the molecule is CO[C@H]1/C=C/O[C@@]2(C)Oc3c(C)c(O)c4c(=O)c(c5oc6cc(N7CCC(N(C)C)CC7)cc(O)c6nc-5c4c3C2=O)NC(=O)/C(C)=C\C=C\[C@H](C)C[C@@H](C)C[C@@H](C)[C@H](OC(C)=O)[C@@H]1C. The molecule has 65 heavy (non-hydrogen) atoms. The van der Waals surface area contributed by atoms with E-state index in [9.17, 15) is 29.4 Å². The van der Waals surface area contributed by atoms with Gasteiger partial charge in [0.15, 0.2) is 11.3 Å². The summed E-state index contributed by atoms with van der Waals surface area (Å²) in [6.45, 7) is 15.6. The van der Waals surface area contributed by atoms with Crippen LogP contribution in [0.5, 0.6) is 17.2 Å². The Hall–Kier alpha value is -5.93. The van der Waals surface area contributed by atoms with Gasteiger partial charge in [0.2, 0.25) is 5.43 Å². The second-order valence-corrected chi connectivity index (χ2v) is 18.7. The molecule has 2 aromatic carbocycles. The van der Waals surface area contributed by atoms with E-state index in [1.54, 1.807) is 37.3 Å². The molecule has 1 aliphatic carbocycles. The van der Waals surface area contributed by atoms with Crippen molar-refractivity contribution >= 4 is 50.9 Å². The number of carbonyl (C=O) groups is 3. The molecule has 1 fully saturated rings. The average molecular weight is 895 g/mol. The van der Waals surface area contributed by atoms with Crippen LogP contribution in [0.25, 0.3) is 33.3 Å². The number of ketones is 1. The van der Waals surface area contributed by atoms with Crippen molar-refractivity contribution < 1.29 is 48.0 Å². The number of esters is 1. The monoisotopic (exact) mass is 894 g/mol. The summed E-state index contributed by atoms with van der Waals surface area (Å²) in [4.78, 5) is 65.2. The molecule has 4 bridgehead atoms. The molecule has 3 N–H and O–H groups in total. The molecule has 0 aromatic heterocycles. The lowest BCUT2D eigenvalue weighted by Crippen LogP contribution is -2.41. The molecule has 7 rings (SSSR count). The van der Waals surface area contributed by atoms with Gasteiger partial charge >= 0.3 is 11.8 Å². The molecule has 15 nitrogen and oxygen atoms in total. The number of benzene rings is 3. The standard InChI is InChI=1S/C50H62N4O11/c1-25-13-12-14-27(3)49(60)52-42-44(58)38-37(41-47(42)64-36-24-33(23-34(56)40(36)51-41)54-18-15-32(16-19-54)53(9)10)39-46(30(6)43(38)57)65-50(8,48(39)59)62-20-17-35(61-11)29(5)45(63-31(7)55)28(4)22-26(2)21-25/h12-14,17,20,23-26,28-29,32,35,45,56-57H,15-16,18-19,21-22H2,1-11H3,(H,52,60)/b13-12+,20-17+,27-14-/t25-,26+,28+,29+,35-,45-,50-/m0/s1. The number of anilines is 2. The molecule has 4 heterocycles. The molecule has 0 radical (unpaired) electrons. The number of fused-ring (bicyclic) bond motifs is 2. The van der Waals surface area contributed by atoms with Gasteiger partial charge < -0.3 is 48.7 Å². The van der Waals surface area contributed by atoms with Crippen molar-refractivity contribution in [2.45, 2.75) is 105 Å². The van der Waals surface area contributed by atoms with Crippen LogP contribution in [-0.2, 0) is 23.8 Å². The summed E-state index contributed by atoms with van der Waals surface area (Å²) < 4.78 is 30.7. The van der Waals surface area contributed by atoms with Crippen molar-refractivity contribution in [2.24, 2.45) is 23.7 Å². The summed E-state index contributed by atoms with van der Waals surface area (Å²) in [6, 6.07) is 3.76. The maximum absolute atomic E-state index is 14.8. The Morgan fingerprint density at radius 3 is 2.38 bits per heavy atom. The molecule has 0 spiro atoms. The Bertz CT molecular complexity index is 2640. The number of hydrogen-bond acceptors (Lipinski definition) is 14. The zero-order valence-corrected chi connectivity index (χ0v) is 39.2. The van der Waals surface area contributed by atoms with E-state index in [1.807, 2.05) is 19.9 Å². The van der Waals surface area contributed by atoms with Crippen LogP contribution < -0.4 is 20.4 Å². The van der Waals surface area contributed by atoms with Crippen molar-refractivity contribution in [1.29, 1.82) is 0 Å². The van der Waals surface area contributed by atoms with Gasteiger partial charge in [-0.1, -0.05) is 45.9 Å². The smallest absolute Gasteiger partial charge is 0.312 e. The molecule has 0 unspecified atom stereocenters. The van der Waals surface area contributed by atoms with Crippen molar-refractivity contribution in [3.8, 4) is 28.7 Å². The van der Waals surface area contributed by atoms with Crippen LogP contribution in [0, 0.1) is 30.6 Å². The number of hydrogen-bond donors (Lipinski definition) is 3. The molecule has 7 atom stereocenters. The van der Waals surface area contributed by atoms with E-state index in [1.165, 1.54) is 34.1 Å². The van der Waals surface area contributed by atoms with Crippen LogP contribution in [0.2, 0.25) is 0 Å². The third-order valence-corrected chi connectivity index (χ3v) is 13.4. The van der Waals surface area contributed by atoms with E-state index in [4.69, 9.17) is 28.3 Å². The number of aromatic nitrogens is 1. The van der Waals surface area contributed by atoms with Crippen molar-refractivity contribution in [1.82, 2.24) is 9.88 Å². The largest absolute Gasteiger partial charge is 0.507 e. The Balaban J connectivity index is 1.42. The number of rotatable bonds is 4. The van der Waals surface area contributed by atoms with Gasteiger partial charge in [0.05, 0.1) is 23.3 Å². The number of amides is 1. The maximum Gasteiger partial charge on any atom is 0.312 e. The third kappa shape index (κ3) is 9.04. The summed E-state index contributed by atoms with van der Waals surface area (Å²) in [5, 5.41) is 25.8. The first-order valence-corrected chi connectivity index (χ1v) is 22.4. The Kier molecular flexibility index (Phi) is 13.4. The number of methoxy groups -OCH3 is 1. The number of ether oxygens (including phenoxy) is 4. The minimum Gasteiger partial charge on any atom is -0.507 e. The number of nitrogens with zero attached hydrogens (tertiary/aromatic N) is 3. The molecule has 4 aliphatic heterocycles. The Morgan fingerprint density at radius 1 is 1.02 bits per heavy atom. The van der Waals surface area contributed by atoms with Crippen LogP contribution in [0.4, 0.5) is 11.4 Å². The van der Waals surface area contributed by atoms with Crippen LogP contribution in [0.15, 0.2) is 57.5 Å². The van der Waals surface area contributed by atoms with Gasteiger partial charge in [0.1, 0.15) is 40.3 Å². The summed E-state index contributed by atoms with van der Waals surface area (Å²) in [5.74, 6) is -4.68. The number of nitrogens with one attached hydrogen (secondary N) is 1. The lowest BCUT2D eigenvalue weighted by molar-refractivity contribution is -0.155.